The Labute approximate surface area is 316 Å². The van der Waals surface area contributed by atoms with Crippen LogP contribution in [0.3, 0.4) is 0 Å². The third-order valence-electron chi connectivity index (χ3n) is 15.9. The fourth-order valence-electron chi connectivity index (χ4n) is 12.6. The van der Waals surface area contributed by atoms with Crippen LogP contribution < -0.4 is 0 Å². The van der Waals surface area contributed by atoms with Crippen LogP contribution in [0.1, 0.15) is 79.6 Å². The Balaban J connectivity index is 0.998. The molecule has 0 aromatic heterocycles. The van der Waals surface area contributed by atoms with Gasteiger partial charge >= 0.3 is 0 Å². The number of hydrogen-bond donors (Lipinski definition) is 9. The molecule has 4 aliphatic heterocycles. The van der Waals surface area contributed by atoms with E-state index in [0.29, 0.717) is 38.7 Å². The lowest BCUT2D eigenvalue weighted by molar-refractivity contribution is -0.369. The SMILES string of the molecule is CC1COC2(OC3CC4C5CC=C6CC(OC7OC(CO)C(O)C(O)C7OC7OC(C)C(O)C(O)C7O)CCC6(C)C5CC(O)C4(C)C3(O)C2C)C(O)C1. The van der Waals surface area contributed by atoms with Gasteiger partial charge in [0.15, 0.2) is 18.4 Å². The van der Waals surface area contributed by atoms with Crippen molar-refractivity contribution in [2.75, 3.05) is 13.2 Å². The van der Waals surface area contributed by atoms with Gasteiger partial charge in [0.05, 0.1) is 37.6 Å². The van der Waals surface area contributed by atoms with Crippen molar-refractivity contribution >= 4 is 0 Å². The van der Waals surface area contributed by atoms with Crippen LogP contribution in [0, 0.1) is 40.4 Å². The quantitative estimate of drug-likeness (QED) is 0.160. The van der Waals surface area contributed by atoms with Crippen LogP contribution in [-0.2, 0) is 28.4 Å². The fraction of sp³-hybridized carbons (Fsp3) is 0.949. The second-order valence-corrected chi connectivity index (χ2v) is 18.6. The molecule has 9 N–H and O–H groups in total. The van der Waals surface area contributed by atoms with E-state index in [2.05, 4.69) is 13.0 Å². The Morgan fingerprint density at radius 1 is 0.815 bits per heavy atom. The maximum atomic E-state index is 12.7. The minimum Gasteiger partial charge on any atom is -0.394 e. The Morgan fingerprint density at radius 3 is 2.26 bits per heavy atom. The average molecular weight is 771 g/mol. The molecule has 3 saturated carbocycles. The predicted molar refractivity (Wildman–Crippen MR) is 186 cm³/mol. The lowest BCUT2D eigenvalue weighted by atomic mass is 9.45. The fourth-order valence-corrected chi connectivity index (χ4v) is 12.6. The largest absolute Gasteiger partial charge is 0.394 e. The summed E-state index contributed by atoms with van der Waals surface area (Å²) in [5.74, 6) is -1.40. The minimum absolute atomic E-state index is 0.0270. The highest BCUT2D eigenvalue weighted by Crippen LogP contribution is 2.72. The molecule has 4 heterocycles. The van der Waals surface area contributed by atoms with E-state index in [1.54, 1.807) is 0 Å². The summed E-state index contributed by atoms with van der Waals surface area (Å²) in [6.07, 6.45) is -10.2. The highest BCUT2D eigenvalue weighted by molar-refractivity contribution is 5.30. The average Bonchev–Trinajstić information content (AvgIpc) is 3.50. The van der Waals surface area contributed by atoms with Gasteiger partial charge in [-0.25, -0.2) is 0 Å². The van der Waals surface area contributed by atoms with Crippen LogP contribution in [0.25, 0.3) is 0 Å². The van der Waals surface area contributed by atoms with Crippen molar-refractivity contribution in [3.05, 3.63) is 11.6 Å². The molecule has 0 aromatic carbocycles. The molecule has 7 fully saturated rings. The first-order chi connectivity index (χ1) is 25.4. The van der Waals surface area contributed by atoms with Gasteiger partial charge in [-0.2, -0.15) is 0 Å². The number of aliphatic hydroxyl groups is 9. The molecule has 0 radical (unpaired) electrons. The van der Waals surface area contributed by atoms with Gasteiger partial charge in [-0.3, -0.25) is 0 Å². The van der Waals surface area contributed by atoms with Crippen molar-refractivity contribution in [3.63, 3.8) is 0 Å². The molecule has 1 spiro atoms. The lowest BCUT2D eigenvalue weighted by Gasteiger charge is -2.61. The first kappa shape index (κ1) is 39.9. The molecule has 15 nitrogen and oxygen atoms in total. The summed E-state index contributed by atoms with van der Waals surface area (Å²) in [7, 11) is 0. The summed E-state index contributed by atoms with van der Waals surface area (Å²) in [5, 5.41) is 99.1. The first-order valence-corrected chi connectivity index (χ1v) is 20.1. The van der Waals surface area contributed by atoms with Crippen LogP contribution in [0.2, 0.25) is 0 Å². The van der Waals surface area contributed by atoms with Gasteiger partial charge in [0, 0.05) is 11.3 Å². The standard InChI is InChI=1S/C39H62O15/c1-16-10-26(42)39(49-15-16)18(3)38(48)27(54-39)13-23-21-7-6-19-11-20(8-9-36(19,4)22(21)12-25(41)37(23,38)5)51-35-33(31(46)29(44)24(14-40)52-35)53-34-32(47)30(45)28(43)17(2)50-34/h6,16-18,20-35,40-48H,7-15H2,1-5H3. The van der Waals surface area contributed by atoms with Crippen LogP contribution in [0.5, 0.6) is 0 Å². The summed E-state index contributed by atoms with van der Waals surface area (Å²) in [4.78, 5) is 0. The molecule has 0 amide bonds. The first-order valence-electron chi connectivity index (χ1n) is 20.1. The van der Waals surface area contributed by atoms with Crippen LogP contribution in [-0.4, -0.2) is 156 Å². The van der Waals surface area contributed by atoms with E-state index in [1.165, 1.54) is 12.5 Å². The lowest BCUT2D eigenvalue weighted by Crippen LogP contribution is -2.66. The number of ether oxygens (including phenoxy) is 6. The second kappa shape index (κ2) is 13.9. The smallest absolute Gasteiger partial charge is 0.200 e. The van der Waals surface area contributed by atoms with Gasteiger partial charge in [0.2, 0.25) is 0 Å². The molecule has 23 atom stereocenters. The third kappa shape index (κ3) is 5.55. The molecular weight excluding hydrogens is 708 g/mol. The number of allylic oxidation sites excluding steroid dienone is 1. The van der Waals surface area contributed by atoms with E-state index in [1.807, 2.05) is 20.8 Å². The monoisotopic (exact) mass is 770 g/mol. The molecule has 8 aliphatic rings. The van der Waals surface area contributed by atoms with Crippen LogP contribution >= 0.6 is 0 Å². The van der Waals surface area contributed by atoms with Crippen LogP contribution in [0.15, 0.2) is 11.6 Å². The Morgan fingerprint density at radius 2 is 1.56 bits per heavy atom. The zero-order chi connectivity index (χ0) is 38.9. The normalized spacial score (nSPS) is 60.0. The molecule has 54 heavy (non-hydrogen) atoms. The predicted octanol–water partition coefficient (Wildman–Crippen LogP) is -0.554. The number of hydrogen-bond acceptors (Lipinski definition) is 15. The van der Waals surface area contributed by atoms with Gasteiger partial charge in [-0.05, 0) is 81.0 Å². The summed E-state index contributed by atoms with van der Waals surface area (Å²) in [6.45, 7) is 9.53. The van der Waals surface area contributed by atoms with Crippen molar-refractivity contribution in [2.45, 2.75) is 177 Å². The molecule has 0 bridgehead atoms. The van der Waals surface area contributed by atoms with Crippen molar-refractivity contribution in [2.24, 2.45) is 40.4 Å². The molecule has 15 heteroatoms. The minimum atomic E-state index is -1.66. The summed E-state index contributed by atoms with van der Waals surface area (Å²) in [6, 6.07) is 0. The number of rotatable bonds is 5. The van der Waals surface area contributed by atoms with Gasteiger partial charge in [0.25, 0.3) is 0 Å². The third-order valence-corrected chi connectivity index (χ3v) is 15.9. The van der Waals surface area contributed by atoms with Gasteiger partial charge in [0.1, 0.15) is 54.4 Å². The molecule has 0 aromatic rings. The zero-order valence-electron chi connectivity index (χ0n) is 31.9. The highest BCUT2D eigenvalue weighted by atomic mass is 16.8. The van der Waals surface area contributed by atoms with Crippen LogP contribution in [0.4, 0.5) is 0 Å². The van der Waals surface area contributed by atoms with Crippen molar-refractivity contribution in [3.8, 4) is 0 Å². The molecule has 4 aliphatic carbocycles. The number of fused-ring (bicyclic) bond motifs is 7. The van der Waals surface area contributed by atoms with E-state index < -0.39 is 115 Å². The van der Waals surface area contributed by atoms with E-state index >= 15 is 0 Å². The van der Waals surface area contributed by atoms with Gasteiger partial charge in [-0.15, -0.1) is 0 Å². The second-order valence-electron chi connectivity index (χ2n) is 18.6. The molecule has 23 unspecified atom stereocenters. The highest BCUT2D eigenvalue weighted by Gasteiger charge is 2.79. The Hall–Kier alpha value is -0.860. The zero-order valence-corrected chi connectivity index (χ0v) is 31.9. The van der Waals surface area contributed by atoms with Gasteiger partial charge in [-0.1, -0.05) is 39.3 Å². The topological polar surface area (TPSA) is 237 Å². The van der Waals surface area contributed by atoms with E-state index in [9.17, 15) is 46.0 Å². The molecule has 4 saturated heterocycles. The Kier molecular flexibility index (Phi) is 10.3. The van der Waals surface area contributed by atoms with Gasteiger partial charge < -0.3 is 74.4 Å². The summed E-state index contributed by atoms with van der Waals surface area (Å²) in [5.41, 5.74) is -1.34. The molecular formula is C39H62O15. The Bertz CT molecular complexity index is 1430. The summed E-state index contributed by atoms with van der Waals surface area (Å²) >= 11 is 0. The summed E-state index contributed by atoms with van der Waals surface area (Å²) < 4.78 is 36.8. The maximum Gasteiger partial charge on any atom is 0.200 e. The van der Waals surface area contributed by atoms with E-state index in [-0.39, 0.29) is 29.1 Å². The van der Waals surface area contributed by atoms with E-state index in [0.717, 1.165) is 12.8 Å². The van der Waals surface area contributed by atoms with Crippen molar-refractivity contribution < 1.29 is 74.4 Å². The van der Waals surface area contributed by atoms with E-state index in [4.69, 9.17) is 28.4 Å². The molecule has 8 rings (SSSR count). The van der Waals surface area contributed by atoms with Crippen molar-refractivity contribution in [1.82, 2.24) is 0 Å². The molecule has 308 valence electrons. The maximum absolute atomic E-state index is 12.7. The van der Waals surface area contributed by atoms with Crippen molar-refractivity contribution in [1.29, 1.82) is 0 Å². The number of aliphatic hydroxyl groups excluding tert-OH is 8.